The van der Waals surface area contributed by atoms with Gasteiger partial charge < -0.3 is 15.1 Å². The molecule has 37 heavy (non-hydrogen) atoms. The second-order valence-electron chi connectivity index (χ2n) is 9.20. The number of likely N-dealkylation sites (N-methyl/N-ethyl adjacent to an activating group) is 1. The third-order valence-electron chi connectivity index (χ3n) is 6.57. The van der Waals surface area contributed by atoms with Crippen molar-refractivity contribution in [3.8, 4) is 17.5 Å². The molecule has 0 aliphatic carbocycles. The first-order valence-electron chi connectivity index (χ1n) is 11.9. The van der Waals surface area contributed by atoms with E-state index in [1.807, 2.05) is 18.9 Å². The Kier molecular flexibility index (Phi) is 6.54. The lowest BCUT2D eigenvalue weighted by atomic mass is 10.1. The van der Waals surface area contributed by atoms with Gasteiger partial charge in [-0.3, -0.25) is 4.79 Å². The van der Waals surface area contributed by atoms with Crippen LogP contribution in [0.1, 0.15) is 27.3 Å². The normalized spacial score (nSPS) is 16.2. The number of nitrogens with zero attached hydrogens (tertiary/aromatic N) is 9. The molecule has 1 aliphatic rings. The van der Waals surface area contributed by atoms with E-state index in [-0.39, 0.29) is 24.2 Å². The number of hydrogen-bond donors (Lipinski definition) is 1. The second kappa shape index (κ2) is 9.94. The Labute approximate surface area is 213 Å². The number of benzene rings is 1. The molecule has 1 aromatic carbocycles. The second-order valence-corrected chi connectivity index (χ2v) is 9.20. The zero-order valence-corrected chi connectivity index (χ0v) is 20.9. The van der Waals surface area contributed by atoms with Gasteiger partial charge in [0, 0.05) is 45.4 Å². The van der Waals surface area contributed by atoms with Crippen LogP contribution in [0.25, 0.3) is 17.0 Å². The van der Waals surface area contributed by atoms with Gasteiger partial charge in [-0.2, -0.15) is 14.9 Å². The van der Waals surface area contributed by atoms with Gasteiger partial charge in [0.15, 0.2) is 5.65 Å². The topological polar surface area (TPSA) is 120 Å². The number of amides is 1. The Balaban J connectivity index is 1.53. The number of carbonyl (C=O) groups is 1. The summed E-state index contributed by atoms with van der Waals surface area (Å²) in [6.07, 6.45) is 0. The van der Waals surface area contributed by atoms with Gasteiger partial charge in [0.2, 0.25) is 0 Å². The van der Waals surface area contributed by atoms with Crippen LogP contribution in [0.2, 0.25) is 0 Å². The Bertz CT molecular complexity index is 1470. The van der Waals surface area contributed by atoms with Crippen molar-refractivity contribution in [2.45, 2.75) is 19.5 Å². The van der Waals surface area contributed by atoms with Gasteiger partial charge >= 0.3 is 0 Å². The molecule has 3 aromatic heterocycles. The molecule has 0 radical (unpaired) electrons. The maximum atomic E-state index is 14.1. The van der Waals surface area contributed by atoms with Gasteiger partial charge in [0.25, 0.3) is 5.91 Å². The van der Waals surface area contributed by atoms with Gasteiger partial charge in [-0.1, -0.05) is 17.3 Å². The van der Waals surface area contributed by atoms with Crippen molar-refractivity contribution in [1.29, 1.82) is 5.26 Å². The molecule has 11 nitrogen and oxygen atoms in total. The molecule has 4 aromatic rings. The van der Waals surface area contributed by atoms with Crippen molar-refractivity contribution in [1.82, 2.24) is 39.8 Å². The summed E-state index contributed by atoms with van der Waals surface area (Å²) < 4.78 is 17.4. The van der Waals surface area contributed by atoms with Crippen LogP contribution >= 0.6 is 0 Å². The number of hydrogen-bond acceptors (Lipinski definition) is 8. The fourth-order valence-corrected chi connectivity index (χ4v) is 4.62. The van der Waals surface area contributed by atoms with Crippen molar-refractivity contribution in [3.63, 3.8) is 0 Å². The SMILES string of the molecule is Cc1nnn(C)c1-c1cc2nc(C(=O)NCc3ccc(C#N)cc3)cc(N3CCN(C)C[C@H]3CF)n2n1. The Morgan fingerprint density at radius 1 is 1.22 bits per heavy atom. The predicted octanol–water partition coefficient (Wildman–Crippen LogP) is 1.72. The quantitative estimate of drug-likeness (QED) is 0.423. The van der Waals surface area contributed by atoms with E-state index in [4.69, 9.17) is 10.4 Å². The van der Waals surface area contributed by atoms with E-state index in [9.17, 15) is 9.18 Å². The molecule has 1 amide bonds. The van der Waals surface area contributed by atoms with Crippen LogP contribution in [0.5, 0.6) is 0 Å². The van der Waals surface area contributed by atoms with Crippen LogP contribution in [0, 0.1) is 18.3 Å². The first-order valence-corrected chi connectivity index (χ1v) is 11.9. The van der Waals surface area contributed by atoms with Crippen molar-refractivity contribution in [3.05, 3.63) is 58.9 Å². The molecule has 0 spiro atoms. The number of piperazine rings is 1. The van der Waals surface area contributed by atoms with E-state index in [1.165, 1.54) is 0 Å². The highest BCUT2D eigenvalue weighted by Gasteiger charge is 2.29. The molecule has 0 unspecified atom stereocenters. The molecular weight excluding hydrogens is 475 g/mol. The molecule has 12 heteroatoms. The van der Waals surface area contributed by atoms with Crippen LogP contribution in [0.4, 0.5) is 10.2 Å². The largest absolute Gasteiger partial charge is 0.348 e. The molecule has 5 rings (SSSR count). The number of halogens is 1. The van der Waals surface area contributed by atoms with Gasteiger partial charge in [0.1, 0.15) is 29.6 Å². The smallest absolute Gasteiger partial charge is 0.270 e. The summed E-state index contributed by atoms with van der Waals surface area (Å²) in [5.41, 5.74) is 4.15. The highest BCUT2D eigenvalue weighted by molar-refractivity contribution is 5.93. The molecule has 190 valence electrons. The summed E-state index contributed by atoms with van der Waals surface area (Å²) in [4.78, 5) is 21.8. The number of fused-ring (bicyclic) bond motifs is 1. The number of nitrogens with one attached hydrogen (secondary N) is 1. The van der Waals surface area contributed by atoms with E-state index in [1.54, 1.807) is 52.6 Å². The first kappa shape index (κ1) is 24.3. The first-order chi connectivity index (χ1) is 17.9. The molecular formula is C25H27FN10O. The maximum absolute atomic E-state index is 14.1. The standard InChI is InChI=1S/C25H27FN10O/c1-16-24(34(3)32-30-16)20-10-22-29-21(25(37)28-14-18-6-4-17(13-27)5-7-18)11-23(36(22)31-20)35-9-8-33(2)15-19(35)12-26/h4-7,10-11,19H,8-9,12,14-15H2,1-3H3,(H,28,37)/t19-/m1/s1. The molecule has 1 N–H and O–H groups in total. The minimum absolute atomic E-state index is 0.207. The van der Waals surface area contributed by atoms with E-state index in [0.29, 0.717) is 41.5 Å². The Morgan fingerprint density at radius 3 is 2.68 bits per heavy atom. The van der Waals surface area contributed by atoms with Crippen molar-refractivity contribution < 1.29 is 9.18 Å². The number of carbonyl (C=O) groups excluding carboxylic acids is 1. The fourth-order valence-electron chi connectivity index (χ4n) is 4.62. The summed E-state index contributed by atoms with van der Waals surface area (Å²) in [5.74, 6) is 0.239. The zero-order chi connectivity index (χ0) is 26.1. The van der Waals surface area contributed by atoms with Crippen molar-refractivity contribution in [2.24, 2.45) is 7.05 Å². The number of nitriles is 1. The van der Waals surface area contributed by atoms with Crippen LogP contribution in [-0.2, 0) is 13.6 Å². The fraction of sp³-hybridized carbons (Fsp3) is 0.360. The summed E-state index contributed by atoms with van der Waals surface area (Å²) in [6.45, 7) is 3.48. The highest BCUT2D eigenvalue weighted by atomic mass is 19.1. The lowest BCUT2D eigenvalue weighted by Crippen LogP contribution is -2.53. The molecule has 1 atom stereocenters. The monoisotopic (exact) mass is 502 g/mol. The van der Waals surface area contributed by atoms with E-state index in [0.717, 1.165) is 17.8 Å². The van der Waals surface area contributed by atoms with E-state index < -0.39 is 6.67 Å². The Morgan fingerprint density at radius 2 is 2.00 bits per heavy atom. The number of aryl methyl sites for hydroxylation is 2. The summed E-state index contributed by atoms with van der Waals surface area (Å²) in [6, 6.07) is 12.2. The lowest BCUT2D eigenvalue weighted by Gasteiger charge is -2.40. The van der Waals surface area contributed by atoms with Crippen LogP contribution < -0.4 is 10.2 Å². The molecule has 0 bridgehead atoms. The average Bonchev–Trinajstić information content (AvgIpc) is 3.48. The maximum Gasteiger partial charge on any atom is 0.270 e. The van der Waals surface area contributed by atoms with Gasteiger partial charge in [0.05, 0.1) is 23.4 Å². The van der Waals surface area contributed by atoms with E-state index >= 15 is 0 Å². The van der Waals surface area contributed by atoms with Gasteiger partial charge in [-0.25, -0.2) is 14.1 Å². The predicted molar refractivity (Wildman–Crippen MR) is 135 cm³/mol. The van der Waals surface area contributed by atoms with Crippen molar-refractivity contribution >= 4 is 17.4 Å². The minimum atomic E-state index is -0.534. The third-order valence-corrected chi connectivity index (χ3v) is 6.57. The number of anilines is 1. The van der Waals surface area contributed by atoms with E-state index in [2.05, 4.69) is 31.6 Å². The van der Waals surface area contributed by atoms with Gasteiger partial charge in [-0.05, 0) is 31.7 Å². The molecule has 1 fully saturated rings. The average molecular weight is 503 g/mol. The summed E-state index contributed by atoms with van der Waals surface area (Å²) >= 11 is 0. The zero-order valence-electron chi connectivity index (χ0n) is 20.9. The lowest BCUT2D eigenvalue weighted by molar-refractivity contribution is 0.0946. The molecule has 1 aliphatic heterocycles. The van der Waals surface area contributed by atoms with Crippen LogP contribution in [-0.4, -0.2) is 79.8 Å². The van der Waals surface area contributed by atoms with Crippen molar-refractivity contribution in [2.75, 3.05) is 38.3 Å². The third kappa shape index (κ3) is 4.73. The molecule has 1 saturated heterocycles. The summed E-state index contributed by atoms with van der Waals surface area (Å²) in [7, 11) is 3.75. The molecule has 4 heterocycles. The number of aromatic nitrogens is 6. The Hall–Kier alpha value is -4.37. The molecule has 0 saturated carbocycles. The number of rotatable bonds is 6. The van der Waals surface area contributed by atoms with Crippen LogP contribution in [0.15, 0.2) is 36.4 Å². The van der Waals surface area contributed by atoms with Crippen LogP contribution in [0.3, 0.4) is 0 Å². The minimum Gasteiger partial charge on any atom is -0.348 e. The van der Waals surface area contributed by atoms with Gasteiger partial charge in [-0.15, -0.1) is 5.10 Å². The summed E-state index contributed by atoms with van der Waals surface area (Å²) in [5, 5.41) is 24.8. The number of alkyl halides is 1. The highest BCUT2D eigenvalue weighted by Crippen LogP contribution is 2.27.